The zero-order valence-electron chi connectivity index (χ0n) is 15.8. The maximum absolute atomic E-state index is 12.2. The number of nitrogens with zero attached hydrogens (tertiary/aromatic N) is 1. The van der Waals surface area contributed by atoms with E-state index in [1.54, 1.807) is 17.1 Å². The number of anilines is 1. The highest BCUT2D eigenvalue weighted by atomic mass is 32.2. The first-order chi connectivity index (χ1) is 13.7. The highest BCUT2D eigenvalue weighted by Crippen LogP contribution is 2.18. The largest absolute Gasteiger partial charge is 0.405 e. The standard InChI is InChI=1S/C18H22F3N3O4S/c1-12-2-3-13(17(27)22-11-18(19,20)21)8-14(12)23-15(25)9-29-10-16(26)24-4-6-28-7-5-24/h2-3,8H,4-7,9-11H2,1H3,(H,22,27)(H,23,25). The van der Waals surface area contributed by atoms with Crippen molar-refractivity contribution in [1.82, 2.24) is 10.2 Å². The van der Waals surface area contributed by atoms with Gasteiger partial charge in [0.15, 0.2) is 0 Å². The van der Waals surface area contributed by atoms with Crippen LogP contribution in [-0.2, 0) is 14.3 Å². The number of carbonyl (C=O) groups is 3. The third-order valence-electron chi connectivity index (χ3n) is 4.05. The predicted octanol–water partition coefficient (Wildman–Crippen LogP) is 1.82. The molecule has 0 aromatic heterocycles. The number of hydrogen-bond donors (Lipinski definition) is 2. The highest BCUT2D eigenvalue weighted by Gasteiger charge is 2.28. The number of halogens is 3. The van der Waals surface area contributed by atoms with Gasteiger partial charge in [-0.25, -0.2) is 0 Å². The van der Waals surface area contributed by atoms with Crippen molar-refractivity contribution >= 4 is 35.2 Å². The molecule has 0 atom stereocenters. The molecule has 1 aliphatic heterocycles. The topological polar surface area (TPSA) is 87.7 Å². The van der Waals surface area contributed by atoms with Crippen molar-refractivity contribution in [3.63, 3.8) is 0 Å². The Morgan fingerprint density at radius 1 is 1.17 bits per heavy atom. The van der Waals surface area contributed by atoms with Crippen molar-refractivity contribution in [2.75, 3.05) is 49.7 Å². The molecule has 0 saturated carbocycles. The van der Waals surface area contributed by atoms with Crippen molar-refractivity contribution in [3.8, 4) is 0 Å². The van der Waals surface area contributed by atoms with Crippen molar-refractivity contribution in [1.29, 1.82) is 0 Å². The average Bonchev–Trinajstić information content (AvgIpc) is 2.67. The van der Waals surface area contributed by atoms with Gasteiger partial charge in [-0.2, -0.15) is 13.2 Å². The lowest BCUT2D eigenvalue weighted by atomic mass is 10.1. The SMILES string of the molecule is Cc1ccc(C(=O)NCC(F)(F)F)cc1NC(=O)CSCC(=O)N1CCOCC1. The summed E-state index contributed by atoms with van der Waals surface area (Å²) in [7, 11) is 0. The van der Waals surface area contributed by atoms with E-state index >= 15 is 0 Å². The quantitative estimate of drug-likeness (QED) is 0.685. The smallest absolute Gasteiger partial charge is 0.378 e. The van der Waals surface area contributed by atoms with Crippen LogP contribution in [0.1, 0.15) is 15.9 Å². The molecule has 0 bridgehead atoms. The van der Waals surface area contributed by atoms with Crippen LogP contribution >= 0.6 is 11.8 Å². The minimum Gasteiger partial charge on any atom is -0.378 e. The van der Waals surface area contributed by atoms with Gasteiger partial charge in [0, 0.05) is 24.3 Å². The van der Waals surface area contributed by atoms with E-state index in [2.05, 4.69) is 5.32 Å². The zero-order valence-corrected chi connectivity index (χ0v) is 16.6. The Hall–Kier alpha value is -2.27. The summed E-state index contributed by atoms with van der Waals surface area (Å²) in [5.74, 6) is -1.14. The molecular weight excluding hydrogens is 411 g/mol. The molecule has 29 heavy (non-hydrogen) atoms. The van der Waals surface area contributed by atoms with Gasteiger partial charge >= 0.3 is 6.18 Å². The fourth-order valence-corrected chi connectivity index (χ4v) is 3.22. The summed E-state index contributed by atoms with van der Waals surface area (Å²) < 4.78 is 41.9. The van der Waals surface area contributed by atoms with Gasteiger partial charge in [-0.05, 0) is 24.6 Å². The number of aryl methyl sites for hydroxylation is 1. The molecule has 160 valence electrons. The number of amides is 3. The van der Waals surface area contributed by atoms with Crippen LogP contribution in [0.5, 0.6) is 0 Å². The fraction of sp³-hybridized carbons (Fsp3) is 0.500. The number of rotatable bonds is 7. The van der Waals surface area contributed by atoms with Gasteiger partial charge in [0.1, 0.15) is 6.54 Å². The van der Waals surface area contributed by atoms with Crippen LogP contribution in [0.2, 0.25) is 0 Å². The van der Waals surface area contributed by atoms with E-state index in [0.29, 0.717) is 37.6 Å². The van der Waals surface area contributed by atoms with Gasteiger partial charge in [0.25, 0.3) is 5.91 Å². The first-order valence-corrected chi connectivity index (χ1v) is 10.00. The van der Waals surface area contributed by atoms with E-state index in [0.717, 1.165) is 11.8 Å². The minimum absolute atomic E-state index is 0.00491. The van der Waals surface area contributed by atoms with Crippen molar-refractivity contribution in [2.24, 2.45) is 0 Å². The van der Waals surface area contributed by atoms with Crippen LogP contribution in [0.3, 0.4) is 0 Å². The van der Waals surface area contributed by atoms with Crippen LogP contribution in [0.25, 0.3) is 0 Å². The van der Waals surface area contributed by atoms with E-state index in [1.807, 2.05) is 0 Å². The summed E-state index contributed by atoms with van der Waals surface area (Å²) in [4.78, 5) is 37.7. The maximum atomic E-state index is 12.2. The summed E-state index contributed by atoms with van der Waals surface area (Å²) in [5, 5.41) is 4.41. The van der Waals surface area contributed by atoms with Gasteiger partial charge in [-0.15, -0.1) is 11.8 Å². The molecule has 1 saturated heterocycles. The monoisotopic (exact) mass is 433 g/mol. The van der Waals surface area contributed by atoms with E-state index in [-0.39, 0.29) is 28.9 Å². The van der Waals surface area contributed by atoms with Crippen molar-refractivity contribution < 1.29 is 32.3 Å². The molecule has 0 unspecified atom stereocenters. The maximum Gasteiger partial charge on any atom is 0.405 e. The molecular formula is C18H22F3N3O4S. The molecule has 1 aliphatic rings. The van der Waals surface area contributed by atoms with E-state index in [1.165, 1.54) is 18.2 Å². The molecule has 7 nitrogen and oxygen atoms in total. The van der Waals surface area contributed by atoms with Crippen molar-refractivity contribution in [2.45, 2.75) is 13.1 Å². The predicted molar refractivity (Wildman–Crippen MR) is 103 cm³/mol. The summed E-state index contributed by atoms with van der Waals surface area (Å²) >= 11 is 1.16. The minimum atomic E-state index is -4.51. The summed E-state index contributed by atoms with van der Waals surface area (Å²) in [6.45, 7) is 2.34. The number of nitrogens with one attached hydrogen (secondary N) is 2. The molecule has 0 radical (unpaired) electrons. The first-order valence-electron chi connectivity index (χ1n) is 8.84. The van der Waals surface area contributed by atoms with Gasteiger partial charge in [0.05, 0.1) is 24.7 Å². The molecule has 2 rings (SSSR count). The number of carbonyl (C=O) groups excluding carboxylic acids is 3. The van der Waals surface area contributed by atoms with Gasteiger partial charge < -0.3 is 20.3 Å². The number of thioether (sulfide) groups is 1. The Morgan fingerprint density at radius 3 is 2.52 bits per heavy atom. The second-order valence-corrected chi connectivity index (χ2v) is 7.35. The number of hydrogen-bond acceptors (Lipinski definition) is 5. The van der Waals surface area contributed by atoms with Gasteiger partial charge in [0.2, 0.25) is 11.8 Å². The Labute approximate surface area is 170 Å². The van der Waals surface area contributed by atoms with Crippen LogP contribution in [-0.4, -0.2) is 73.2 Å². The normalized spacial score (nSPS) is 14.4. The molecule has 2 N–H and O–H groups in total. The number of morpholine rings is 1. The number of alkyl halides is 3. The third-order valence-corrected chi connectivity index (χ3v) is 4.96. The molecule has 1 aromatic carbocycles. The lowest BCUT2D eigenvalue weighted by Crippen LogP contribution is -2.41. The number of benzene rings is 1. The van der Waals surface area contributed by atoms with E-state index in [4.69, 9.17) is 4.74 Å². The van der Waals surface area contributed by atoms with Gasteiger partial charge in [-0.3, -0.25) is 14.4 Å². The lowest BCUT2D eigenvalue weighted by Gasteiger charge is -2.26. The summed E-state index contributed by atoms with van der Waals surface area (Å²) in [6, 6.07) is 4.24. The summed E-state index contributed by atoms with van der Waals surface area (Å²) in [6.07, 6.45) is -4.51. The molecule has 0 spiro atoms. The third kappa shape index (κ3) is 7.94. The fourth-order valence-electron chi connectivity index (χ4n) is 2.50. The Kier molecular flexibility index (Phi) is 8.32. The van der Waals surface area contributed by atoms with Crippen LogP contribution in [0.4, 0.5) is 18.9 Å². The van der Waals surface area contributed by atoms with E-state index in [9.17, 15) is 27.6 Å². The Bertz CT molecular complexity index is 752. The van der Waals surface area contributed by atoms with Crippen molar-refractivity contribution in [3.05, 3.63) is 29.3 Å². The van der Waals surface area contributed by atoms with Crippen LogP contribution < -0.4 is 10.6 Å². The van der Waals surface area contributed by atoms with Gasteiger partial charge in [-0.1, -0.05) is 6.07 Å². The summed E-state index contributed by atoms with van der Waals surface area (Å²) in [5.41, 5.74) is 0.986. The first kappa shape index (κ1) is 23.0. The molecule has 3 amide bonds. The van der Waals surface area contributed by atoms with Crippen LogP contribution in [0.15, 0.2) is 18.2 Å². The second kappa shape index (κ2) is 10.5. The Balaban J connectivity index is 1.84. The van der Waals surface area contributed by atoms with Crippen LogP contribution in [0, 0.1) is 6.92 Å². The lowest BCUT2D eigenvalue weighted by molar-refractivity contribution is -0.132. The molecule has 1 heterocycles. The Morgan fingerprint density at radius 2 is 1.86 bits per heavy atom. The average molecular weight is 433 g/mol. The highest BCUT2D eigenvalue weighted by molar-refractivity contribution is 8.00. The zero-order chi connectivity index (χ0) is 21.4. The molecule has 0 aliphatic carbocycles. The molecule has 11 heteroatoms. The molecule has 1 fully saturated rings. The second-order valence-electron chi connectivity index (χ2n) is 6.36. The molecule has 1 aromatic rings. The van der Waals surface area contributed by atoms with E-state index < -0.39 is 18.6 Å². The number of ether oxygens (including phenoxy) is 1.